The smallest absolute Gasteiger partial charge is 0.145 e. The van der Waals surface area contributed by atoms with Crippen molar-refractivity contribution in [1.29, 1.82) is 0 Å². The van der Waals surface area contributed by atoms with Crippen LogP contribution in [0.25, 0.3) is 10.9 Å². The van der Waals surface area contributed by atoms with Gasteiger partial charge in [-0.25, -0.2) is 4.98 Å². The zero-order valence-electron chi connectivity index (χ0n) is 10.2. The monoisotopic (exact) mass is 228 g/mol. The average Bonchev–Trinajstić information content (AvgIpc) is 3.12. The van der Waals surface area contributed by atoms with E-state index in [1.165, 1.54) is 12.8 Å². The molecular weight excluding hydrogens is 212 g/mol. The number of nitrogens with two attached hydrogens (primary N) is 1. The van der Waals surface area contributed by atoms with Crippen LogP contribution in [-0.2, 0) is 0 Å². The molecule has 2 N–H and O–H groups in total. The summed E-state index contributed by atoms with van der Waals surface area (Å²) in [5, 5.41) is 0.992. The number of aryl methyl sites for hydroxylation is 1. The number of benzene rings is 1. The highest BCUT2D eigenvalue weighted by Crippen LogP contribution is 2.41. The molecule has 0 aliphatic heterocycles. The van der Waals surface area contributed by atoms with Crippen molar-refractivity contribution in [3.63, 3.8) is 0 Å². The highest BCUT2D eigenvalue weighted by molar-refractivity contribution is 5.94. The number of methoxy groups -OCH3 is 1. The third-order valence-electron chi connectivity index (χ3n) is 3.29. The normalized spacial score (nSPS) is 15.2. The van der Waals surface area contributed by atoms with Crippen LogP contribution in [0.4, 0.5) is 5.69 Å². The molecule has 0 radical (unpaired) electrons. The van der Waals surface area contributed by atoms with Crippen LogP contribution in [0, 0.1) is 6.92 Å². The lowest BCUT2D eigenvalue weighted by Crippen LogP contribution is -1.97. The summed E-state index contributed by atoms with van der Waals surface area (Å²) < 4.78 is 5.40. The second kappa shape index (κ2) is 3.62. The van der Waals surface area contributed by atoms with Crippen molar-refractivity contribution < 1.29 is 4.74 Å². The minimum atomic E-state index is 0.604. The maximum Gasteiger partial charge on any atom is 0.145 e. The largest absolute Gasteiger partial charge is 0.494 e. The first-order valence-corrected chi connectivity index (χ1v) is 5.94. The van der Waals surface area contributed by atoms with Crippen molar-refractivity contribution >= 4 is 16.6 Å². The minimum Gasteiger partial charge on any atom is -0.494 e. The molecule has 3 rings (SSSR count). The summed E-state index contributed by atoms with van der Waals surface area (Å²) in [6, 6.07) is 6.08. The molecule has 17 heavy (non-hydrogen) atoms. The molecular formula is C14H16N2O. The van der Waals surface area contributed by atoms with E-state index in [0.29, 0.717) is 5.92 Å². The average molecular weight is 228 g/mol. The van der Waals surface area contributed by atoms with E-state index in [4.69, 9.17) is 15.5 Å². The number of nitrogens with zero attached hydrogens (tertiary/aromatic N) is 1. The quantitative estimate of drug-likeness (QED) is 0.859. The summed E-state index contributed by atoms with van der Waals surface area (Å²) in [5.74, 6) is 1.42. The zero-order chi connectivity index (χ0) is 12.0. The number of ether oxygens (including phenoxy) is 1. The molecule has 1 aliphatic rings. The summed E-state index contributed by atoms with van der Waals surface area (Å²) in [6.45, 7) is 2.04. The summed E-state index contributed by atoms with van der Waals surface area (Å²) in [6.07, 6.45) is 2.46. The lowest BCUT2D eigenvalue weighted by molar-refractivity contribution is 0.418. The van der Waals surface area contributed by atoms with Crippen molar-refractivity contribution in [3.05, 3.63) is 29.5 Å². The van der Waals surface area contributed by atoms with Crippen LogP contribution in [0.2, 0.25) is 0 Å². The van der Waals surface area contributed by atoms with Crippen LogP contribution in [-0.4, -0.2) is 12.1 Å². The summed E-state index contributed by atoms with van der Waals surface area (Å²) in [5.41, 5.74) is 10.1. The Balaban J connectivity index is 2.31. The summed E-state index contributed by atoms with van der Waals surface area (Å²) >= 11 is 0. The van der Waals surface area contributed by atoms with Gasteiger partial charge in [-0.1, -0.05) is 0 Å². The molecule has 1 saturated carbocycles. The Morgan fingerprint density at radius 3 is 2.71 bits per heavy atom. The van der Waals surface area contributed by atoms with Crippen molar-refractivity contribution in [2.24, 2.45) is 0 Å². The van der Waals surface area contributed by atoms with E-state index >= 15 is 0 Å². The zero-order valence-corrected chi connectivity index (χ0v) is 10.2. The second-order valence-corrected chi connectivity index (χ2v) is 4.77. The van der Waals surface area contributed by atoms with Gasteiger partial charge in [0.25, 0.3) is 0 Å². The minimum absolute atomic E-state index is 0.604. The van der Waals surface area contributed by atoms with Gasteiger partial charge in [-0.3, -0.25) is 0 Å². The highest BCUT2D eigenvalue weighted by Gasteiger charge is 2.26. The number of nitrogen functional groups attached to an aromatic ring is 1. The van der Waals surface area contributed by atoms with Crippen molar-refractivity contribution in [2.45, 2.75) is 25.7 Å². The molecule has 1 aliphatic carbocycles. The van der Waals surface area contributed by atoms with E-state index in [1.54, 1.807) is 7.11 Å². The molecule has 0 unspecified atom stereocenters. The molecule has 1 fully saturated rings. The molecule has 0 bridgehead atoms. The van der Waals surface area contributed by atoms with Crippen molar-refractivity contribution in [3.8, 4) is 5.75 Å². The topological polar surface area (TPSA) is 48.1 Å². The lowest BCUT2D eigenvalue weighted by Gasteiger charge is -2.10. The van der Waals surface area contributed by atoms with E-state index in [9.17, 15) is 0 Å². The van der Waals surface area contributed by atoms with E-state index in [-0.39, 0.29) is 0 Å². The number of pyridine rings is 1. The molecule has 3 heteroatoms. The molecule has 3 nitrogen and oxygen atoms in total. The van der Waals surface area contributed by atoms with Crippen LogP contribution in [0.5, 0.6) is 5.75 Å². The fraction of sp³-hybridized carbons (Fsp3) is 0.357. The third-order valence-corrected chi connectivity index (χ3v) is 3.29. The summed E-state index contributed by atoms with van der Waals surface area (Å²) in [4.78, 5) is 4.70. The molecule has 0 spiro atoms. The molecule has 1 aromatic carbocycles. The van der Waals surface area contributed by atoms with E-state index < -0.39 is 0 Å². The van der Waals surface area contributed by atoms with Crippen LogP contribution in [0.3, 0.4) is 0 Å². The number of hydrogen-bond acceptors (Lipinski definition) is 3. The van der Waals surface area contributed by atoms with E-state index in [2.05, 4.69) is 6.07 Å². The van der Waals surface area contributed by atoms with Crippen LogP contribution < -0.4 is 10.5 Å². The van der Waals surface area contributed by atoms with Gasteiger partial charge in [-0.2, -0.15) is 0 Å². The highest BCUT2D eigenvalue weighted by atomic mass is 16.5. The van der Waals surface area contributed by atoms with Crippen LogP contribution in [0.1, 0.15) is 30.0 Å². The van der Waals surface area contributed by atoms with Crippen molar-refractivity contribution in [1.82, 2.24) is 4.98 Å². The predicted molar refractivity (Wildman–Crippen MR) is 69.4 cm³/mol. The number of fused-ring (bicyclic) bond motifs is 1. The number of anilines is 1. The molecule has 0 atom stereocenters. The molecule has 1 aromatic heterocycles. The van der Waals surface area contributed by atoms with Gasteiger partial charge < -0.3 is 10.5 Å². The number of hydrogen-bond donors (Lipinski definition) is 1. The van der Waals surface area contributed by atoms with Gasteiger partial charge in [0, 0.05) is 22.7 Å². The third kappa shape index (κ3) is 1.71. The van der Waals surface area contributed by atoms with Crippen molar-refractivity contribution in [2.75, 3.05) is 12.8 Å². The second-order valence-electron chi connectivity index (χ2n) is 4.77. The molecule has 0 amide bonds. The Hall–Kier alpha value is -1.77. The van der Waals surface area contributed by atoms with E-state index in [1.807, 2.05) is 19.1 Å². The number of rotatable bonds is 2. The Morgan fingerprint density at radius 2 is 2.06 bits per heavy atom. The van der Waals surface area contributed by atoms with Gasteiger partial charge in [0.15, 0.2) is 0 Å². The standard InChI is InChI=1S/C14H16N2O/c1-8-5-10-11(15)7-12(9-3-4-9)16-14(10)13(6-8)17-2/h5-7,9H,3-4H2,1-2H3,(H2,15,16). The maximum atomic E-state index is 6.12. The van der Waals surface area contributed by atoms with Crippen LogP contribution >= 0.6 is 0 Å². The van der Waals surface area contributed by atoms with Gasteiger partial charge in [0.05, 0.1) is 7.11 Å². The Labute approximate surface area is 101 Å². The SMILES string of the molecule is COc1cc(C)cc2c(N)cc(C3CC3)nc12. The maximum absolute atomic E-state index is 6.12. The van der Waals surface area contributed by atoms with Crippen LogP contribution in [0.15, 0.2) is 18.2 Å². The van der Waals surface area contributed by atoms with Gasteiger partial charge >= 0.3 is 0 Å². The first kappa shape index (κ1) is 10.4. The molecule has 88 valence electrons. The summed E-state index contributed by atoms with van der Waals surface area (Å²) in [7, 11) is 1.68. The number of aromatic nitrogens is 1. The Kier molecular flexibility index (Phi) is 2.21. The Bertz CT molecular complexity index is 588. The predicted octanol–water partition coefficient (Wildman–Crippen LogP) is 3.01. The first-order valence-electron chi connectivity index (χ1n) is 5.94. The fourth-order valence-corrected chi connectivity index (χ4v) is 2.22. The van der Waals surface area contributed by atoms with E-state index in [0.717, 1.165) is 33.6 Å². The molecule has 1 heterocycles. The van der Waals surface area contributed by atoms with Gasteiger partial charge in [-0.05, 0) is 43.5 Å². The van der Waals surface area contributed by atoms with Gasteiger partial charge in [0.1, 0.15) is 11.3 Å². The lowest BCUT2D eigenvalue weighted by atomic mass is 10.1. The van der Waals surface area contributed by atoms with Gasteiger partial charge in [-0.15, -0.1) is 0 Å². The van der Waals surface area contributed by atoms with Gasteiger partial charge in [0.2, 0.25) is 0 Å². The molecule has 0 saturated heterocycles. The molecule has 2 aromatic rings. The Morgan fingerprint density at radius 1 is 1.29 bits per heavy atom. The first-order chi connectivity index (χ1) is 8.19. The fourth-order valence-electron chi connectivity index (χ4n) is 2.22.